The van der Waals surface area contributed by atoms with Crippen LogP contribution in [0.25, 0.3) is 0 Å². The topological polar surface area (TPSA) is 63.8 Å². The number of hydrogen-bond donors (Lipinski definition) is 2. The van der Waals surface area contributed by atoms with Gasteiger partial charge in [-0.3, -0.25) is 0 Å². The third-order valence-corrected chi connectivity index (χ3v) is 2.77. The van der Waals surface area contributed by atoms with Crippen molar-refractivity contribution in [1.82, 2.24) is 9.97 Å². The fraction of sp³-hybridized carbons (Fsp3) is 0.600. The first-order valence-corrected chi connectivity index (χ1v) is 5.36. The summed E-state index contributed by atoms with van der Waals surface area (Å²) in [4.78, 5) is 7.03. The summed E-state index contributed by atoms with van der Waals surface area (Å²) < 4.78 is 36.7. The van der Waals surface area contributed by atoms with E-state index in [0.717, 1.165) is 31.7 Å². The zero-order chi connectivity index (χ0) is 12.5. The zero-order valence-corrected chi connectivity index (χ0v) is 9.04. The number of anilines is 1. The normalized spacial score (nSPS) is 24.9. The van der Waals surface area contributed by atoms with Crippen LogP contribution in [-0.2, 0) is 6.18 Å². The number of nitrogens with zero attached hydrogens (tertiary/aromatic N) is 2. The molecule has 1 fully saturated rings. The highest BCUT2D eigenvalue weighted by atomic mass is 19.4. The van der Waals surface area contributed by atoms with E-state index in [1.165, 1.54) is 0 Å². The lowest BCUT2D eigenvalue weighted by Gasteiger charge is -2.13. The third-order valence-electron chi connectivity index (χ3n) is 2.77. The Morgan fingerprint density at radius 3 is 2.47 bits per heavy atom. The lowest BCUT2D eigenvalue weighted by molar-refractivity contribution is -0.141. The van der Waals surface area contributed by atoms with Crippen molar-refractivity contribution in [3.8, 4) is 0 Å². The minimum absolute atomic E-state index is 0.162. The molecule has 2 atom stereocenters. The van der Waals surface area contributed by atoms with E-state index in [1.807, 2.05) is 0 Å². The molecule has 0 unspecified atom stereocenters. The van der Waals surface area contributed by atoms with Crippen LogP contribution >= 0.6 is 0 Å². The van der Waals surface area contributed by atoms with Crippen LogP contribution in [0.2, 0.25) is 0 Å². The second-order valence-electron chi connectivity index (χ2n) is 4.20. The van der Waals surface area contributed by atoms with Crippen molar-refractivity contribution in [1.29, 1.82) is 0 Å². The predicted molar refractivity (Wildman–Crippen MR) is 56.3 cm³/mol. The average molecular weight is 246 g/mol. The van der Waals surface area contributed by atoms with E-state index < -0.39 is 11.9 Å². The van der Waals surface area contributed by atoms with Crippen LogP contribution < -0.4 is 11.1 Å². The maximum Gasteiger partial charge on any atom is 0.434 e. The van der Waals surface area contributed by atoms with Crippen LogP contribution in [0.5, 0.6) is 0 Å². The van der Waals surface area contributed by atoms with Crippen molar-refractivity contribution in [3.05, 3.63) is 18.1 Å². The van der Waals surface area contributed by atoms with Crippen LogP contribution in [-0.4, -0.2) is 22.1 Å². The summed E-state index contributed by atoms with van der Waals surface area (Å²) in [6, 6.07) is 0.339. The van der Waals surface area contributed by atoms with Crippen molar-refractivity contribution < 1.29 is 13.2 Å². The van der Waals surface area contributed by atoms with Gasteiger partial charge in [0.25, 0.3) is 0 Å². The predicted octanol–water partition coefficient (Wildman–Crippen LogP) is 1.79. The number of hydrogen-bond acceptors (Lipinski definition) is 4. The second-order valence-corrected chi connectivity index (χ2v) is 4.20. The van der Waals surface area contributed by atoms with Gasteiger partial charge in [0.1, 0.15) is 5.82 Å². The number of halogens is 3. The molecule has 94 valence electrons. The average Bonchev–Trinajstić information content (AvgIpc) is 2.63. The Kier molecular flexibility index (Phi) is 3.19. The van der Waals surface area contributed by atoms with Crippen molar-refractivity contribution in [2.75, 3.05) is 5.32 Å². The summed E-state index contributed by atoms with van der Waals surface area (Å²) >= 11 is 0. The molecule has 0 radical (unpaired) electrons. The molecule has 1 aliphatic rings. The lowest BCUT2D eigenvalue weighted by atomic mass is 10.2. The molecule has 3 N–H and O–H groups in total. The molecule has 1 heterocycles. The fourth-order valence-electron chi connectivity index (χ4n) is 1.91. The van der Waals surface area contributed by atoms with Gasteiger partial charge in [0.05, 0.1) is 12.4 Å². The first-order valence-electron chi connectivity index (χ1n) is 5.36. The first kappa shape index (κ1) is 12.1. The minimum atomic E-state index is -4.44. The second kappa shape index (κ2) is 4.48. The molecule has 4 nitrogen and oxygen atoms in total. The molecule has 0 saturated heterocycles. The zero-order valence-electron chi connectivity index (χ0n) is 9.04. The molecule has 1 aliphatic carbocycles. The molecule has 0 aliphatic heterocycles. The summed E-state index contributed by atoms with van der Waals surface area (Å²) in [5.41, 5.74) is 4.75. The summed E-state index contributed by atoms with van der Waals surface area (Å²) in [7, 11) is 0. The molecular formula is C10H13F3N4. The Labute approximate surface area is 96.4 Å². The van der Waals surface area contributed by atoms with Gasteiger partial charge in [-0.05, 0) is 19.3 Å². The summed E-state index contributed by atoms with van der Waals surface area (Å²) in [5, 5.41) is 3.03. The Hall–Kier alpha value is -1.37. The smallest absolute Gasteiger partial charge is 0.366 e. The Bertz CT molecular complexity index is 376. The molecule has 0 amide bonds. The Balaban J connectivity index is 1.99. The highest BCUT2D eigenvalue weighted by Crippen LogP contribution is 2.27. The van der Waals surface area contributed by atoms with Crippen LogP contribution in [0.15, 0.2) is 12.4 Å². The largest absolute Gasteiger partial charge is 0.434 e. The highest BCUT2D eigenvalue weighted by molar-refractivity contribution is 5.33. The van der Waals surface area contributed by atoms with E-state index in [-0.39, 0.29) is 12.1 Å². The van der Waals surface area contributed by atoms with Crippen LogP contribution in [0.1, 0.15) is 25.0 Å². The van der Waals surface area contributed by atoms with Gasteiger partial charge in [0.15, 0.2) is 5.69 Å². The van der Waals surface area contributed by atoms with Gasteiger partial charge in [-0.25, -0.2) is 9.97 Å². The minimum Gasteiger partial charge on any atom is -0.366 e. The van der Waals surface area contributed by atoms with E-state index in [4.69, 9.17) is 5.73 Å². The van der Waals surface area contributed by atoms with Crippen LogP contribution in [0.4, 0.5) is 19.0 Å². The number of nitrogens with one attached hydrogen (secondary N) is 1. The fourth-order valence-corrected chi connectivity index (χ4v) is 1.91. The summed E-state index contributed by atoms with van der Waals surface area (Å²) in [6.07, 6.45) is 0.0312. The van der Waals surface area contributed by atoms with Crippen LogP contribution in [0, 0.1) is 0 Å². The number of alkyl halides is 3. The summed E-state index contributed by atoms with van der Waals surface area (Å²) in [5.74, 6) is 0.358. The number of aromatic nitrogens is 2. The van der Waals surface area contributed by atoms with Gasteiger partial charge in [-0.15, -0.1) is 0 Å². The van der Waals surface area contributed by atoms with E-state index in [0.29, 0.717) is 5.82 Å². The van der Waals surface area contributed by atoms with Gasteiger partial charge >= 0.3 is 6.18 Å². The third kappa shape index (κ3) is 3.06. The SMILES string of the molecule is N[C@@H]1CC[C@H](Nc2cnc(C(F)(F)F)cn2)C1. The highest BCUT2D eigenvalue weighted by Gasteiger charge is 2.32. The van der Waals surface area contributed by atoms with E-state index in [1.54, 1.807) is 0 Å². The standard InChI is InChI=1S/C10H13F3N4/c11-10(12,13)8-4-16-9(5-15-8)17-7-2-1-6(14)3-7/h4-7H,1-3,14H2,(H,16,17)/t6-,7+/m1/s1. The molecule has 7 heteroatoms. The molecule has 0 spiro atoms. The molecule has 0 aromatic carbocycles. The molecule has 17 heavy (non-hydrogen) atoms. The molecule has 2 rings (SSSR count). The molecule has 1 aromatic rings. The van der Waals surface area contributed by atoms with Gasteiger partial charge in [0.2, 0.25) is 0 Å². The summed E-state index contributed by atoms with van der Waals surface area (Å²) in [6.45, 7) is 0. The lowest BCUT2D eigenvalue weighted by Crippen LogP contribution is -2.21. The van der Waals surface area contributed by atoms with Gasteiger partial charge in [-0.2, -0.15) is 13.2 Å². The molecule has 1 saturated carbocycles. The van der Waals surface area contributed by atoms with Gasteiger partial charge in [0, 0.05) is 12.1 Å². The van der Waals surface area contributed by atoms with E-state index in [9.17, 15) is 13.2 Å². The van der Waals surface area contributed by atoms with Crippen molar-refractivity contribution >= 4 is 5.82 Å². The van der Waals surface area contributed by atoms with Crippen molar-refractivity contribution in [2.24, 2.45) is 5.73 Å². The molecule has 0 bridgehead atoms. The number of rotatable bonds is 2. The maximum atomic E-state index is 12.2. The van der Waals surface area contributed by atoms with E-state index in [2.05, 4.69) is 15.3 Å². The molecular weight excluding hydrogens is 233 g/mol. The Morgan fingerprint density at radius 1 is 1.24 bits per heavy atom. The van der Waals surface area contributed by atoms with Crippen LogP contribution in [0.3, 0.4) is 0 Å². The monoisotopic (exact) mass is 246 g/mol. The quantitative estimate of drug-likeness (QED) is 0.835. The first-order chi connectivity index (χ1) is 7.95. The van der Waals surface area contributed by atoms with Crippen molar-refractivity contribution in [2.45, 2.75) is 37.5 Å². The van der Waals surface area contributed by atoms with Gasteiger partial charge in [-0.1, -0.05) is 0 Å². The number of nitrogens with two attached hydrogens (primary N) is 1. The van der Waals surface area contributed by atoms with Crippen molar-refractivity contribution in [3.63, 3.8) is 0 Å². The maximum absolute atomic E-state index is 12.2. The molecule has 1 aromatic heterocycles. The Morgan fingerprint density at radius 2 is 2.00 bits per heavy atom. The van der Waals surface area contributed by atoms with E-state index >= 15 is 0 Å². The van der Waals surface area contributed by atoms with Gasteiger partial charge < -0.3 is 11.1 Å².